The zero-order chi connectivity index (χ0) is 21.9. The quantitative estimate of drug-likeness (QED) is 0.132. The standard InChI is InChI=1S/C22H34N6O3.HI/c1-23-21(25-11-14-28-20(29)16-26-22(28)30)24-10-5-15-31-19-8-12-27(13-9-19)17-18-6-3-2-4-7-18;/h2-4,6-7,19H,5,8-17H2,1H3,(H,26,30)(H2,23,24,25);1H. The van der Waals surface area contributed by atoms with Gasteiger partial charge in [-0.3, -0.25) is 19.6 Å². The number of hydrogen-bond donors (Lipinski definition) is 3. The van der Waals surface area contributed by atoms with E-state index in [4.69, 9.17) is 4.74 Å². The SMILES string of the molecule is CN=C(NCCCOC1CCN(Cc2ccccc2)CC1)NCCN1C(=O)CNC1=O.I. The first kappa shape index (κ1) is 26.3. The number of carbonyl (C=O) groups is 2. The molecule has 2 heterocycles. The summed E-state index contributed by atoms with van der Waals surface area (Å²) in [4.78, 5) is 30.9. The Morgan fingerprint density at radius 1 is 1.16 bits per heavy atom. The van der Waals surface area contributed by atoms with E-state index in [0.29, 0.717) is 25.2 Å². The van der Waals surface area contributed by atoms with Gasteiger partial charge in [0, 0.05) is 52.9 Å². The van der Waals surface area contributed by atoms with Gasteiger partial charge < -0.3 is 20.7 Å². The number of guanidine groups is 1. The van der Waals surface area contributed by atoms with Crippen LogP contribution in [0.3, 0.4) is 0 Å². The zero-order valence-electron chi connectivity index (χ0n) is 18.7. The molecule has 0 radical (unpaired) electrons. The van der Waals surface area contributed by atoms with E-state index in [1.165, 1.54) is 10.5 Å². The zero-order valence-corrected chi connectivity index (χ0v) is 21.0. The predicted octanol–water partition coefficient (Wildman–Crippen LogP) is 1.39. The molecular formula is C22H35IN6O3. The summed E-state index contributed by atoms with van der Waals surface area (Å²) >= 11 is 0. The number of urea groups is 1. The third kappa shape index (κ3) is 8.55. The highest BCUT2D eigenvalue weighted by Crippen LogP contribution is 2.16. The van der Waals surface area contributed by atoms with E-state index in [-0.39, 0.29) is 42.5 Å². The maximum atomic E-state index is 11.6. The number of imide groups is 1. The lowest BCUT2D eigenvalue weighted by Gasteiger charge is -2.32. The van der Waals surface area contributed by atoms with Crippen molar-refractivity contribution in [1.82, 2.24) is 25.8 Å². The molecule has 3 amide bonds. The lowest BCUT2D eigenvalue weighted by atomic mass is 10.1. The summed E-state index contributed by atoms with van der Waals surface area (Å²) in [7, 11) is 1.70. The number of piperidine rings is 1. The van der Waals surface area contributed by atoms with Crippen molar-refractivity contribution in [2.24, 2.45) is 4.99 Å². The Morgan fingerprint density at radius 2 is 1.88 bits per heavy atom. The minimum atomic E-state index is -0.335. The predicted molar refractivity (Wildman–Crippen MR) is 135 cm³/mol. The van der Waals surface area contributed by atoms with Crippen LogP contribution in [0.25, 0.3) is 0 Å². The van der Waals surface area contributed by atoms with Gasteiger partial charge >= 0.3 is 6.03 Å². The Bertz CT molecular complexity index is 724. The smallest absolute Gasteiger partial charge is 0.324 e. The topological polar surface area (TPSA) is 98.3 Å². The molecule has 0 aliphatic carbocycles. The number of hydrogen-bond acceptors (Lipinski definition) is 5. The van der Waals surface area contributed by atoms with Crippen LogP contribution in [0.4, 0.5) is 4.79 Å². The Labute approximate surface area is 207 Å². The summed E-state index contributed by atoms with van der Waals surface area (Å²) in [6, 6.07) is 10.3. The first-order valence-electron chi connectivity index (χ1n) is 11.1. The summed E-state index contributed by atoms with van der Waals surface area (Å²) in [5, 5.41) is 8.86. The fourth-order valence-electron chi connectivity index (χ4n) is 3.79. The van der Waals surface area contributed by atoms with Crippen molar-refractivity contribution >= 4 is 41.9 Å². The molecule has 178 valence electrons. The van der Waals surface area contributed by atoms with E-state index in [0.717, 1.165) is 52.0 Å². The van der Waals surface area contributed by atoms with E-state index in [1.54, 1.807) is 7.05 Å². The van der Waals surface area contributed by atoms with E-state index in [1.807, 2.05) is 0 Å². The summed E-state index contributed by atoms with van der Waals surface area (Å²) in [6.45, 7) is 5.48. The largest absolute Gasteiger partial charge is 0.378 e. The van der Waals surface area contributed by atoms with Crippen LogP contribution in [0.15, 0.2) is 35.3 Å². The van der Waals surface area contributed by atoms with Gasteiger partial charge in [0.15, 0.2) is 5.96 Å². The monoisotopic (exact) mass is 558 g/mol. The Kier molecular flexibility index (Phi) is 11.7. The molecule has 32 heavy (non-hydrogen) atoms. The van der Waals surface area contributed by atoms with Gasteiger partial charge in [-0.05, 0) is 24.8 Å². The van der Waals surface area contributed by atoms with Gasteiger partial charge in [-0.2, -0.15) is 0 Å². The molecular weight excluding hydrogens is 523 g/mol. The van der Waals surface area contributed by atoms with E-state index in [9.17, 15) is 9.59 Å². The average molecular weight is 558 g/mol. The number of rotatable bonds is 10. The summed E-state index contributed by atoms with van der Waals surface area (Å²) in [6.07, 6.45) is 3.38. The number of benzene rings is 1. The first-order valence-corrected chi connectivity index (χ1v) is 11.1. The van der Waals surface area contributed by atoms with Gasteiger partial charge in [0.05, 0.1) is 12.6 Å². The van der Waals surface area contributed by atoms with Gasteiger partial charge in [0.1, 0.15) is 0 Å². The van der Waals surface area contributed by atoms with Crippen LogP contribution in [0.5, 0.6) is 0 Å². The second-order valence-corrected chi connectivity index (χ2v) is 7.82. The molecule has 9 nitrogen and oxygen atoms in total. The molecule has 2 aliphatic heterocycles. The van der Waals surface area contributed by atoms with Gasteiger partial charge in [-0.15, -0.1) is 24.0 Å². The van der Waals surface area contributed by atoms with Crippen LogP contribution < -0.4 is 16.0 Å². The number of nitrogens with zero attached hydrogens (tertiary/aromatic N) is 3. The third-order valence-electron chi connectivity index (χ3n) is 5.54. The van der Waals surface area contributed by atoms with Gasteiger partial charge in [-0.1, -0.05) is 30.3 Å². The molecule has 3 rings (SSSR count). The molecule has 0 atom stereocenters. The van der Waals surface area contributed by atoms with Crippen LogP contribution in [0.2, 0.25) is 0 Å². The Morgan fingerprint density at radius 3 is 2.53 bits per heavy atom. The average Bonchev–Trinajstić information content (AvgIpc) is 3.11. The van der Waals surface area contributed by atoms with Crippen LogP contribution >= 0.6 is 24.0 Å². The number of nitrogens with one attached hydrogen (secondary N) is 3. The Balaban J connectivity index is 0.00000363. The molecule has 3 N–H and O–H groups in total. The van der Waals surface area contributed by atoms with Crippen LogP contribution in [-0.2, 0) is 16.1 Å². The molecule has 2 fully saturated rings. The van der Waals surface area contributed by atoms with Gasteiger partial charge in [0.25, 0.3) is 0 Å². The van der Waals surface area contributed by atoms with E-state index in [2.05, 4.69) is 56.2 Å². The van der Waals surface area contributed by atoms with Crippen LogP contribution in [0, 0.1) is 0 Å². The minimum absolute atomic E-state index is 0. The molecule has 0 spiro atoms. The maximum absolute atomic E-state index is 11.6. The molecule has 1 aromatic carbocycles. The molecule has 2 saturated heterocycles. The van der Waals surface area contributed by atoms with Gasteiger partial charge in [0.2, 0.25) is 5.91 Å². The maximum Gasteiger partial charge on any atom is 0.324 e. The number of aliphatic imine (C=N–C) groups is 1. The van der Waals surface area contributed by atoms with Gasteiger partial charge in [-0.25, -0.2) is 4.79 Å². The van der Waals surface area contributed by atoms with E-state index >= 15 is 0 Å². The van der Waals surface area contributed by atoms with Crippen LogP contribution in [0.1, 0.15) is 24.8 Å². The fraction of sp³-hybridized carbons (Fsp3) is 0.591. The fourth-order valence-corrected chi connectivity index (χ4v) is 3.79. The highest BCUT2D eigenvalue weighted by atomic mass is 127. The molecule has 0 saturated carbocycles. The van der Waals surface area contributed by atoms with E-state index < -0.39 is 0 Å². The second kappa shape index (κ2) is 14.3. The molecule has 0 bridgehead atoms. The number of carbonyl (C=O) groups excluding carboxylic acids is 2. The summed E-state index contributed by atoms with van der Waals surface area (Å²) < 4.78 is 6.05. The molecule has 0 aromatic heterocycles. The van der Waals surface area contributed by atoms with Crippen molar-refractivity contribution in [3.8, 4) is 0 Å². The third-order valence-corrected chi connectivity index (χ3v) is 5.54. The first-order chi connectivity index (χ1) is 15.2. The summed E-state index contributed by atoms with van der Waals surface area (Å²) in [5.74, 6) is 0.457. The molecule has 2 aliphatic rings. The second-order valence-electron chi connectivity index (χ2n) is 7.82. The minimum Gasteiger partial charge on any atom is -0.378 e. The van der Waals surface area contributed by atoms with Crippen molar-refractivity contribution < 1.29 is 14.3 Å². The lowest BCUT2D eigenvalue weighted by Crippen LogP contribution is -2.43. The molecule has 10 heteroatoms. The highest BCUT2D eigenvalue weighted by molar-refractivity contribution is 14.0. The number of ether oxygens (including phenoxy) is 1. The van der Waals surface area contributed by atoms with Crippen molar-refractivity contribution in [1.29, 1.82) is 0 Å². The lowest BCUT2D eigenvalue weighted by molar-refractivity contribution is -0.124. The van der Waals surface area contributed by atoms with Crippen LogP contribution in [-0.4, -0.2) is 86.7 Å². The molecule has 0 unspecified atom stereocenters. The van der Waals surface area contributed by atoms with Crippen molar-refractivity contribution in [3.05, 3.63) is 35.9 Å². The number of likely N-dealkylation sites (tertiary alicyclic amines) is 1. The van der Waals surface area contributed by atoms with Crippen molar-refractivity contribution in [2.75, 3.05) is 52.9 Å². The normalized spacial score (nSPS) is 17.8. The highest BCUT2D eigenvalue weighted by Gasteiger charge is 2.27. The Hall–Kier alpha value is -1.92. The number of halogens is 1. The molecule has 1 aromatic rings. The van der Waals surface area contributed by atoms with Crippen molar-refractivity contribution in [3.63, 3.8) is 0 Å². The summed E-state index contributed by atoms with van der Waals surface area (Å²) in [5.41, 5.74) is 1.37. The van der Waals surface area contributed by atoms with Crippen molar-refractivity contribution in [2.45, 2.75) is 31.9 Å². The number of amides is 3.